The monoisotopic (exact) mass is 330 g/mol. The number of aliphatic hydroxyl groups is 3. The number of aliphatic hydroxyl groups excluding tert-OH is 3. The highest BCUT2D eigenvalue weighted by Crippen LogP contribution is 2.14. The van der Waals surface area contributed by atoms with E-state index in [9.17, 15) is 10.2 Å². The van der Waals surface area contributed by atoms with Crippen molar-refractivity contribution in [1.82, 2.24) is 0 Å². The van der Waals surface area contributed by atoms with Gasteiger partial charge in [0.1, 0.15) is 0 Å². The molecule has 23 heavy (non-hydrogen) atoms. The molecule has 0 saturated carbocycles. The Hall–Kier alpha value is -0.120. The SMILES string of the molecule is CC(O)CCC(O)CCCCCCCCCCCCCCCO. The fourth-order valence-electron chi connectivity index (χ4n) is 3.01. The zero-order valence-electron chi connectivity index (χ0n) is 15.5. The van der Waals surface area contributed by atoms with Crippen LogP contribution in [-0.4, -0.2) is 34.1 Å². The van der Waals surface area contributed by atoms with Gasteiger partial charge in [-0.15, -0.1) is 0 Å². The van der Waals surface area contributed by atoms with Crippen molar-refractivity contribution in [2.45, 2.75) is 122 Å². The van der Waals surface area contributed by atoms with E-state index >= 15 is 0 Å². The highest BCUT2D eigenvalue weighted by atomic mass is 16.3. The Morgan fingerprint density at radius 2 is 0.913 bits per heavy atom. The molecule has 0 rings (SSSR count). The third-order valence-electron chi connectivity index (χ3n) is 4.61. The summed E-state index contributed by atoms with van der Waals surface area (Å²) in [6.45, 7) is 2.13. The molecule has 0 aromatic carbocycles. The molecule has 0 spiro atoms. The van der Waals surface area contributed by atoms with Gasteiger partial charge in [-0.1, -0.05) is 77.0 Å². The fraction of sp³-hybridized carbons (Fsp3) is 1.00. The zero-order valence-corrected chi connectivity index (χ0v) is 15.5. The van der Waals surface area contributed by atoms with Crippen LogP contribution in [0.3, 0.4) is 0 Å². The molecule has 0 bridgehead atoms. The van der Waals surface area contributed by atoms with Crippen LogP contribution in [0.2, 0.25) is 0 Å². The molecule has 0 heterocycles. The second kappa shape index (κ2) is 18.2. The van der Waals surface area contributed by atoms with E-state index in [0.717, 1.165) is 25.7 Å². The van der Waals surface area contributed by atoms with Gasteiger partial charge in [0.25, 0.3) is 0 Å². The lowest BCUT2D eigenvalue weighted by atomic mass is 10.0. The average Bonchev–Trinajstić information content (AvgIpc) is 2.53. The van der Waals surface area contributed by atoms with E-state index in [0.29, 0.717) is 13.0 Å². The van der Waals surface area contributed by atoms with E-state index in [2.05, 4.69) is 0 Å². The first-order chi connectivity index (χ1) is 11.2. The maximum Gasteiger partial charge on any atom is 0.0541 e. The van der Waals surface area contributed by atoms with Gasteiger partial charge in [0, 0.05) is 6.61 Å². The van der Waals surface area contributed by atoms with E-state index in [4.69, 9.17) is 5.11 Å². The summed E-state index contributed by atoms with van der Waals surface area (Å²) in [5.41, 5.74) is 0. The van der Waals surface area contributed by atoms with E-state index in [-0.39, 0.29) is 12.2 Å². The van der Waals surface area contributed by atoms with Crippen molar-refractivity contribution >= 4 is 0 Å². The van der Waals surface area contributed by atoms with Crippen molar-refractivity contribution in [1.29, 1.82) is 0 Å². The average molecular weight is 331 g/mol. The maximum atomic E-state index is 9.77. The molecule has 0 aliphatic carbocycles. The van der Waals surface area contributed by atoms with Crippen molar-refractivity contribution < 1.29 is 15.3 Å². The Labute approximate surface area is 144 Å². The maximum absolute atomic E-state index is 9.77. The molecule has 140 valence electrons. The molecule has 3 heteroatoms. The molecule has 0 aromatic heterocycles. The van der Waals surface area contributed by atoms with Gasteiger partial charge >= 0.3 is 0 Å². The largest absolute Gasteiger partial charge is 0.396 e. The number of rotatable bonds is 18. The Morgan fingerprint density at radius 1 is 0.522 bits per heavy atom. The topological polar surface area (TPSA) is 60.7 Å². The van der Waals surface area contributed by atoms with Gasteiger partial charge in [-0.05, 0) is 32.6 Å². The van der Waals surface area contributed by atoms with Crippen LogP contribution in [-0.2, 0) is 0 Å². The van der Waals surface area contributed by atoms with Crippen LogP contribution in [0.15, 0.2) is 0 Å². The summed E-state index contributed by atoms with van der Waals surface area (Å²) in [6.07, 6.45) is 18.4. The van der Waals surface area contributed by atoms with Crippen molar-refractivity contribution in [3.63, 3.8) is 0 Å². The molecular weight excluding hydrogens is 288 g/mol. The Kier molecular flexibility index (Phi) is 18.1. The molecule has 0 aromatic rings. The van der Waals surface area contributed by atoms with E-state index in [1.165, 1.54) is 70.6 Å². The van der Waals surface area contributed by atoms with Gasteiger partial charge in [-0.2, -0.15) is 0 Å². The van der Waals surface area contributed by atoms with Crippen LogP contribution >= 0.6 is 0 Å². The summed E-state index contributed by atoms with van der Waals surface area (Å²) in [4.78, 5) is 0. The van der Waals surface area contributed by atoms with Crippen LogP contribution in [0.1, 0.15) is 110 Å². The summed E-state index contributed by atoms with van der Waals surface area (Å²) >= 11 is 0. The van der Waals surface area contributed by atoms with Gasteiger partial charge in [0.15, 0.2) is 0 Å². The normalized spacial score (nSPS) is 14.1. The molecule has 0 aliphatic rings. The minimum absolute atomic E-state index is 0.220. The molecule has 0 saturated heterocycles. The molecule has 0 amide bonds. The lowest BCUT2D eigenvalue weighted by Crippen LogP contribution is -2.10. The smallest absolute Gasteiger partial charge is 0.0541 e. The predicted octanol–water partition coefficient (Wildman–Crippen LogP) is 4.96. The molecule has 2 unspecified atom stereocenters. The molecule has 0 fully saturated rings. The minimum Gasteiger partial charge on any atom is -0.396 e. The lowest BCUT2D eigenvalue weighted by Gasteiger charge is -2.11. The predicted molar refractivity (Wildman–Crippen MR) is 98.6 cm³/mol. The van der Waals surface area contributed by atoms with Gasteiger partial charge in [-0.3, -0.25) is 0 Å². The van der Waals surface area contributed by atoms with Gasteiger partial charge in [0.05, 0.1) is 12.2 Å². The fourth-order valence-corrected chi connectivity index (χ4v) is 3.01. The number of unbranched alkanes of at least 4 members (excludes halogenated alkanes) is 12. The quantitative estimate of drug-likeness (QED) is 0.311. The summed E-state index contributed by atoms with van der Waals surface area (Å²) in [5.74, 6) is 0. The first-order valence-electron chi connectivity index (χ1n) is 10.1. The standard InChI is InChI=1S/C20H42O3/c1-19(22)16-17-20(23)15-13-11-9-7-5-3-2-4-6-8-10-12-14-18-21/h19-23H,2-18H2,1H3. The Morgan fingerprint density at radius 3 is 1.30 bits per heavy atom. The lowest BCUT2D eigenvalue weighted by molar-refractivity contribution is 0.114. The Bertz CT molecular complexity index is 219. The van der Waals surface area contributed by atoms with Gasteiger partial charge in [-0.25, -0.2) is 0 Å². The van der Waals surface area contributed by atoms with Crippen LogP contribution in [0.5, 0.6) is 0 Å². The molecule has 0 aliphatic heterocycles. The second-order valence-electron chi connectivity index (χ2n) is 7.19. The second-order valence-corrected chi connectivity index (χ2v) is 7.19. The number of hydrogen-bond donors (Lipinski definition) is 3. The van der Waals surface area contributed by atoms with Gasteiger partial charge in [0.2, 0.25) is 0 Å². The third kappa shape index (κ3) is 19.8. The number of hydrogen-bond acceptors (Lipinski definition) is 3. The first-order valence-corrected chi connectivity index (χ1v) is 10.1. The van der Waals surface area contributed by atoms with Crippen molar-refractivity contribution in [2.75, 3.05) is 6.61 Å². The van der Waals surface area contributed by atoms with Crippen LogP contribution < -0.4 is 0 Å². The minimum atomic E-state index is -0.287. The van der Waals surface area contributed by atoms with Crippen LogP contribution in [0.4, 0.5) is 0 Å². The highest BCUT2D eigenvalue weighted by molar-refractivity contribution is 4.59. The summed E-state index contributed by atoms with van der Waals surface area (Å²) in [5, 5.41) is 27.6. The summed E-state index contributed by atoms with van der Waals surface area (Å²) in [7, 11) is 0. The third-order valence-corrected chi connectivity index (χ3v) is 4.61. The van der Waals surface area contributed by atoms with Crippen LogP contribution in [0.25, 0.3) is 0 Å². The van der Waals surface area contributed by atoms with Crippen molar-refractivity contribution in [3.8, 4) is 0 Å². The highest BCUT2D eigenvalue weighted by Gasteiger charge is 2.05. The molecule has 2 atom stereocenters. The van der Waals surface area contributed by atoms with Crippen molar-refractivity contribution in [2.24, 2.45) is 0 Å². The zero-order chi connectivity index (χ0) is 17.2. The molecular formula is C20H42O3. The van der Waals surface area contributed by atoms with Gasteiger partial charge < -0.3 is 15.3 Å². The first kappa shape index (κ1) is 22.9. The Balaban J connectivity index is 3.07. The van der Waals surface area contributed by atoms with E-state index in [1.807, 2.05) is 0 Å². The van der Waals surface area contributed by atoms with Crippen molar-refractivity contribution in [3.05, 3.63) is 0 Å². The summed E-state index contributed by atoms with van der Waals surface area (Å²) in [6, 6.07) is 0. The molecule has 0 radical (unpaired) electrons. The van der Waals surface area contributed by atoms with E-state index < -0.39 is 0 Å². The summed E-state index contributed by atoms with van der Waals surface area (Å²) < 4.78 is 0. The molecule has 3 N–H and O–H groups in total. The molecule has 3 nitrogen and oxygen atoms in total. The van der Waals surface area contributed by atoms with E-state index in [1.54, 1.807) is 6.92 Å². The van der Waals surface area contributed by atoms with Crippen LogP contribution in [0, 0.1) is 0 Å².